The van der Waals surface area contributed by atoms with E-state index in [1.165, 1.54) is 0 Å². The Morgan fingerprint density at radius 2 is 1.33 bits per heavy atom. The predicted octanol–water partition coefficient (Wildman–Crippen LogP) is 0.519. The summed E-state index contributed by atoms with van der Waals surface area (Å²) in [5, 5.41) is 26.0. The Kier molecular flexibility index (Phi) is 4.77. The average molecular weight is 218 g/mol. The number of hydrogen-bond donors (Lipinski definition) is 3. The molecular formula is C9H14O6. The van der Waals surface area contributed by atoms with Crippen molar-refractivity contribution in [3.8, 4) is 0 Å². The standard InChI is InChI=1S/C9H14O6/c1-4(2)3-5(7(10)11)6(8(12)13)9(14)15/h4-6H,3H2,1-2H3,(H,10,11)(H,12,13)(H,14,15)/t5-/m0/s1. The highest BCUT2D eigenvalue weighted by Gasteiger charge is 2.39. The smallest absolute Gasteiger partial charge is 0.318 e. The first-order valence-corrected chi connectivity index (χ1v) is 4.45. The Morgan fingerprint density at radius 3 is 1.53 bits per heavy atom. The Bertz CT molecular complexity index is 256. The van der Waals surface area contributed by atoms with Crippen molar-refractivity contribution in [2.75, 3.05) is 0 Å². The van der Waals surface area contributed by atoms with Crippen molar-refractivity contribution in [3.63, 3.8) is 0 Å². The van der Waals surface area contributed by atoms with Crippen LogP contribution in [-0.2, 0) is 14.4 Å². The third-order valence-electron chi connectivity index (χ3n) is 1.98. The molecule has 15 heavy (non-hydrogen) atoms. The molecule has 3 N–H and O–H groups in total. The van der Waals surface area contributed by atoms with Crippen LogP contribution in [-0.4, -0.2) is 33.2 Å². The Balaban J connectivity index is 4.92. The molecule has 0 aromatic rings. The second kappa shape index (κ2) is 5.33. The minimum atomic E-state index is -1.88. The van der Waals surface area contributed by atoms with Gasteiger partial charge in [0, 0.05) is 0 Å². The molecule has 0 aliphatic heterocycles. The summed E-state index contributed by atoms with van der Waals surface area (Å²) in [5.74, 6) is -7.97. The van der Waals surface area contributed by atoms with Gasteiger partial charge >= 0.3 is 17.9 Å². The third-order valence-corrected chi connectivity index (χ3v) is 1.98. The maximum Gasteiger partial charge on any atom is 0.318 e. The Hall–Kier alpha value is -1.59. The van der Waals surface area contributed by atoms with Crippen LogP contribution in [0, 0.1) is 17.8 Å². The molecule has 6 nitrogen and oxygen atoms in total. The van der Waals surface area contributed by atoms with Crippen molar-refractivity contribution < 1.29 is 29.7 Å². The lowest BCUT2D eigenvalue weighted by atomic mass is 9.85. The van der Waals surface area contributed by atoms with Crippen molar-refractivity contribution in [1.29, 1.82) is 0 Å². The van der Waals surface area contributed by atoms with Crippen LogP contribution in [0.5, 0.6) is 0 Å². The minimum Gasteiger partial charge on any atom is -0.481 e. The van der Waals surface area contributed by atoms with E-state index < -0.39 is 29.7 Å². The molecule has 1 atom stereocenters. The van der Waals surface area contributed by atoms with E-state index in [0.29, 0.717) is 0 Å². The van der Waals surface area contributed by atoms with Crippen LogP contribution in [0.4, 0.5) is 0 Å². The van der Waals surface area contributed by atoms with Crippen molar-refractivity contribution in [2.45, 2.75) is 20.3 Å². The number of aliphatic carboxylic acids is 3. The summed E-state index contributed by atoms with van der Waals surface area (Å²) in [6.07, 6.45) is 0.0264. The van der Waals surface area contributed by atoms with E-state index >= 15 is 0 Å². The second-order valence-corrected chi connectivity index (χ2v) is 3.73. The maximum absolute atomic E-state index is 10.8. The molecule has 0 amide bonds. The zero-order chi connectivity index (χ0) is 12.2. The number of carbonyl (C=O) groups is 3. The molecule has 0 aliphatic carbocycles. The van der Waals surface area contributed by atoms with Gasteiger partial charge < -0.3 is 15.3 Å². The molecule has 0 aromatic carbocycles. The van der Waals surface area contributed by atoms with Gasteiger partial charge in [-0.05, 0) is 12.3 Å². The molecule has 0 aliphatic rings. The van der Waals surface area contributed by atoms with E-state index in [4.69, 9.17) is 15.3 Å². The molecule has 0 saturated heterocycles. The van der Waals surface area contributed by atoms with Gasteiger partial charge in [-0.15, -0.1) is 0 Å². The van der Waals surface area contributed by atoms with Crippen molar-refractivity contribution in [3.05, 3.63) is 0 Å². The summed E-state index contributed by atoms with van der Waals surface area (Å²) < 4.78 is 0. The van der Waals surface area contributed by atoms with Crippen LogP contribution in [0.3, 0.4) is 0 Å². The minimum absolute atomic E-state index is 0.0264. The van der Waals surface area contributed by atoms with Crippen LogP contribution in [0.15, 0.2) is 0 Å². The van der Waals surface area contributed by atoms with Crippen molar-refractivity contribution in [2.24, 2.45) is 17.8 Å². The lowest BCUT2D eigenvalue weighted by Crippen LogP contribution is -2.36. The fraction of sp³-hybridized carbons (Fsp3) is 0.667. The van der Waals surface area contributed by atoms with E-state index in [-0.39, 0.29) is 12.3 Å². The zero-order valence-electron chi connectivity index (χ0n) is 8.51. The first-order valence-electron chi connectivity index (χ1n) is 4.45. The SMILES string of the molecule is CC(C)C[C@H](C(=O)O)C(C(=O)O)C(=O)O. The highest BCUT2D eigenvalue weighted by atomic mass is 16.4. The van der Waals surface area contributed by atoms with Gasteiger partial charge in [-0.1, -0.05) is 13.8 Å². The largest absolute Gasteiger partial charge is 0.481 e. The summed E-state index contributed by atoms with van der Waals surface area (Å²) in [5.41, 5.74) is 0. The highest BCUT2D eigenvalue weighted by molar-refractivity contribution is 5.97. The van der Waals surface area contributed by atoms with Crippen molar-refractivity contribution >= 4 is 17.9 Å². The summed E-state index contributed by atoms with van der Waals surface area (Å²) >= 11 is 0. The Morgan fingerprint density at radius 1 is 0.933 bits per heavy atom. The van der Waals surface area contributed by atoms with Crippen LogP contribution in [0.1, 0.15) is 20.3 Å². The molecule has 0 bridgehead atoms. The molecule has 6 heteroatoms. The fourth-order valence-electron chi connectivity index (χ4n) is 1.34. The topological polar surface area (TPSA) is 112 Å². The second-order valence-electron chi connectivity index (χ2n) is 3.73. The molecular weight excluding hydrogens is 204 g/mol. The van der Waals surface area contributed by atoms with Crippen LogP contribution in [0.2, 0.25) is 0 Å². The Labute approximate surface area is 86.5 Å². The van der Waals surface area contributed by atoms with E-state index in [0.717, 1.165) is 0 Å². The highest BCUT2D eigenvalue weighted by Crippen LogP contribution is 2.21. The quantitative estimate of drug-likeness (QED) is 0.560. The van der Waals surface area contributed by atoms with Gasteiger partial charge in [-0.2, -0.15) is 0 Å². The predicted molar refractivity (Wildman–Crippen MR) is 49.3 cm³/mol. The van der Waals surface area contributed by atoms with Gasteiger partial charge in [0.25, 0.3) is 0 Å². The zero-order valence-corrected chi connectivity index (χ0v) is 8.51. The lowest BCUT2D eigenvalue weighted by molar-refractivity contribution is -0.164. The van der Waals surface area contributed by atoms with Gasteiger partial charge in [0.15, 0.2) is 5.92 Å². The molecule has 0 rings (SSSR count). The van der Waals surface area contributed by atoms with Gasteiger partial charge in [0.2, 0.25) is 0 Å². The molecule has 0 aromatic heterocycles. The van der Waals surface area contributed by atoms with Gasteiger partial charge in [0.1, 0.15) is 0 Å². The summed E-state index contributed by atoms with van der Waals surface area (Å²) in [6.45, 7) is 3.41. The normalized spacial score (nSPS) is 12.8. The molecule has 0 unspecified atom stereocenters. The van der Waals surface area contributed by atoms with E-state index in [1.54, 1.807) is 13.8 Å². The summed E-state index contributed by atoms with van der Waals surface area (Å²) in [6, 6.07) is 0. The average Bonchev–Trinajstić information content (AvgIpc) is 2.00. The number of carboxylic acids is 3. The van der Waals surface area contributed by atoms with Crippen LogP contribution >= 0.6 is 0 Å². The van der Waals surface area contributed by atoms with E-state index in [1.807, 2.05) is 0 Å². The molecule has 0 spiro atoms. The van der Waals surface area contributed by atoms with E-state index in [2.05, 4.69) is 0 Å². The van der Waals surface area contributed by atoms with Crippen molar-refractivity contribution in [1.82, 2.24) is 0 Å². The third kappa shape index (κ3) is 3.97. The first-order chi connectivity index (χ1) is 6.77. The number of hydrogen-bond acceptors (Lipinski definition) is 3. The molecule has 86 valence electrons. The molecule has 0 heterocycles. The maximum atomic E-state index is 10.8. The monoisotopic (exact) mass is 218 g/mol. The van der Waals surface area contributed by atoms with E-state index in [9.17, 15) is 14.4 Å². The molecule has 0 fully saturated rings. The lowest BCUT2D eigenvalue weighted by Gasteiger charge is -2.18. The number of carboxylic acid groups (broad SMARTS) is 3. The van der Waals surface area contributed by atoms with Gasteiger partial charge in [-0.25, -0.2) is 0 Å². The van der Waals surface area contributed by atoms with Gasteiger partial charge in [0.05, 0.1) is 5.92 Å². The summed E-state index contributed by atoms with van der Waals surface area (Å²) in [7, 11) is 0. The van der Waals surface area contributed by atoms with Gasteiger partial charge in [-0.3, -0.25) is 14.4 Å². The summed E-state index contributed by atoms with van der Waals surface area (Å²) in [4.78, 5) is 32.0. The molecule has 0 radical (unpaired) electrons. The number of rotatable bonds is 6. The molecule has 0 saturated carbocycles. The fourth-order valence-corrected chi connectivity index (χ4v) is 1.34. The van der Waals surface area contributed by atoms with Crippen LogP contribution < -0.4 is 0 Å². The van der Waals surface area contributed by atoms with Crippen LogP contribution in [0.25, 0.3) is 0 Å². The first kappa shape index (κ1) is 13.4.